The molecule has 4 aromatic rings. The molecule has 0 bridgehead atoms. The molecule has 0 saturated heterocycles. The predicted molar refractivity (Wildman–Crippen MR) is 121 cm³/mol. The summed E-state index contributed by atoms with van der Waals surface area (Å²) in [7, 11) is 0. The molecule has 0 N–H and O–H groups in total. The lowest BCUT2D eigenvalue weighted by molar-refractivity contribution is -0.384. The molecule has 0 atom stereocenters. The maximum atomic E-state index is 11.1. The summed E-state index contributed by atoms with van der Waals surface area (Å²) in [5.74, 6) is 1.56. The molecule has 4 rings (SSSR count). The number of non-ortho nitro benzene ring substituents is 1. The van der Waals surface area contributed by atoms with Crippen LogP contribution in [0.15, 0.2) is 78.2 Å². The fraction of sp³-hybridized carbons (Fsp3) is 0.174. The second-order valence-corrected chi connectivity index (χ2v) is 8.25. The Bertz CT molecular complexity index is 1210. The van der Waals surface area contributed by atoms with Crippen LogP contribution in [-0.2, 0) is 5.75 Å². The molecular formula is C23H21N5O2S. The monoisotopic (exact) mass is 431 g/mol. The van der Waals surface area contributed by atoms with Crippen LogP contribution in [0.1, 0.15) is 30.9 Å². The highest BCUT2D eigenvalue weighted by Gasteiger charge is 2.19. The molecule has 2 heterocycles. The van der Waals surface area contributed by atoms with Crippen LogP contribution in [0.4, 0.5) is 5.69 Å². The third kappa shape index (κ3) is 4.49. The van der Waals surface area contributed by atoms with Crippen molar-refractivity contribution in [3.63, 3.8) is 0 Å². The van der Waals surface area contributed by atoms with E-state index in [4.69, 9.17) is 0 Å². The van der Waals surface area contributed by atoms with Crippen LogP contribution in [0.3, 0.4) is 0 Å². The minimum Gasteiger partial charge on any atom is -0.270 e. The van der Waals surface area contributed by atoms with Crippen molar-refractivity contribution in [2.75, 3.05) is 0 Å². The molecule has 0 radical (unpaired) electrons. The van der Waals surface area contributed by atoms with Crippen molar-refractivity contribution < 1.29 is 4.92 Å². The minimum absolute atomic E-state index is 0.0840. The summed E-state index contributed by atoms with van der Waals surface area (Å²) in [6.07, 6.45) is 3.50. The van der Waals surface area contributed by atoms with Gasteiger partial charge in [0.2, 0.25) is 0 Å². The first-order chi connectivity index (χ1) is 15.0. The van der Waals surface area contributed by atoms with Crippen LogP contribution >= 0.6 is 11.8 Å². The lowest BCUT2D eigenvalue weighted by Gasteiger charge is -2.16. The van der Waals surface area contributed by atoms with Gasteiger partial charge in [-0.15, -0.1) is 10.2 Å². The molecule has 31 heavy (non-hydrogen) atoms. The largest absolute Gasteiger partial charge is 0.270 e. The summed E-state index contributed by atoms with van der Waals surface area (Å²) >= 11 is 1.50. The second-order valence-electron chi connectivity index (χ2n) is 7.31. The molecule has 0 saturated carbocycles. The third-order valence-electron chi connectivity index (χ3n) is 4.84. The van der Waals surface area contributed by atoms with E-state index in [9.17, 15) is 10.1 Å². The van der Waals surface area contributed by atoms with Crippen molar-refractivity contribution in [3.8, 4) is 17.1 Å². The Morgan fingerprint density at radius 2 is 1.90 bits per heavy atom. The van der Waals surface area contributed by atoms with Crippen LogP contribution in [0, 0.1) is 10.1 Å². The standard InChI is InChI=1S/C23H21N5O2S/c1-16(2)20-10-3-4-11-21(20)27-22(18-8-6-12-24-14-18)25-26-23(27)31-15-17-7-5-9-19(13-17)28(29)30/h3-14,16H,15H2,1-2H3. The zero-order chi connectivity index (χ0) is 21.8. The van der Waals surface area contributed by atoms with Gasteiger partial charge in [0, 0.05) is 35.8 Å². The van der Waals surface area contributed by atoms with E-state index < -0.39 is 0 Å². The smallest absolute Gasteiger partial charge is 0.269 e. The molecule has 2 aromatic heterocycles. The summed E-state index contributed by atoms with van der Waals surface area (Å²) in [6, 6.07) is 18.7. The zero-order valence-electron chi connectivity index (χ0n) is 17.2. The first kappa shape index (κ1) is 20.7. The van der Waals surface area contributed by atoms with Crippen LogP contribution in [0.5, 0.6) is 0 Å². The van der Waals surface area contributed by atoms with E-state index in [1.807, 2.05) is 34.9 Å². The van der Waals surface area contributed by atoms with Crippen molar-refractivity contribution in [1.29, 1.82) is 0 Å². The second kappa shape index (κ2) is 9.09. The van der Waals surface area contributed by atoms with Crippen molar-refractivity contribution >= 4 is 17.4 Å². The number of rotatable bonds is 7. The number of pyridine rings is 1. The molecule has 0 amide bonds. The number of nitrogens with zero attached hydrogens (tertiary/aromatic N) is 5. The Labute approximate surface area is 184 Å². The van der Waals surface area contributed by atoms with Crippen molar-refractivity contribution in [2.24, 2.45) is 0 Å². The minimum atomic E-state index is -0.379. The lowest BCUT2D eigenvalue weighted by Crippen LogP contribution is -2.05. The Kier molecular flexibility index (Phi) is 6.08. The molecular weight excluding hydrogens is 410 g/mol. The normalized spacial score (nSPS) is 11.1. The maximum absolute atomic E-state index is 11.1. The van der Waals surface area contributed by atoms with Crippen LogP contribution in [0.2, 0.25) is 0 Å². The number of hydrogen-bond acceptors (Lipinski definition) is 6. The van der Waals surface area contributed by atoms with Gasteiger partial charge in [-0.3, -0.25) is 19.7 Å². The first-order valence-corrected chi connectivity index (χ1v) is 10.8. The third-order valence-corrected chi connectivity index (χ3v) is 5.84. The van der Waals surface area contributed by atoms with E-state index in [0.29, 0.717) is 17.5 Å². The molecule has 0 aliphatic carbocycles. The highest BCUT2D eigenvalue weighted by molar-refractivity contribution is 7.98. The first-order valence-electron chi connectivity index (χ1n) is 9.86. The molecule has 156 valence electrons. The number of nitro benzene ring substituents is 1. The Morgan fingerprint density at radius 3 is 2.65 bits per heavy atom. The van der Waals surface area contributed by atoms with E-state index in [1.165, 1.54) is 23.4 Å². The Balaban J connectivity index is 1.76. The molecule has 7 nitrogen and oxygen atoms in total. The van der Waals surface area contributed by atoms with Crippen molar-refractivity contribution in [1.82, 2.24) is 19.7 Å². The Morgan fingerprint density at radius 1 is 1.06 bits per heavy atom. The number of para-hydroxylation sites is 1. The summed E-state index contributed by atoms with van der Waals surface area (Å²) in [6.45, 7) is 4.31. The highest BCUT2D eigenvalue weighted by Crippen LogP contribution is 2.33. The van der Waals surface area contributed by atoms with Crippen molar-refractivity contribution in [2.45, 2.75) is 30.7 Å². The number of benzene rings is 2. The van der Waals surface area contributed by atoms with Gasteiger partial charge in [0.1, 0.15) is 0 Å². The molecule has 8 heteroatoms. The SMILES string of the molecule is CC(C)c1ccccc1-n1c(SCc2cccc([N+](=O)[O-])c2)nnc1-c1cccnc1. The van der Waals surface area contributed by atoms with Gasteiger partial charge in [-0.1, -0.05) is 55.9 Å². The van der Waals surface area contributed by atoms with Gasteiger partial charge in [-0.2, -0.15) is 0 Å². The van der Waals surface area contributed by atoms with E-state index in [-0.39, 0.29) is 10.6 Å². The topological polar surface area (TPSA) is 86.7 Å². The van der Waals surface area contributed by atoms with Gasteiger partial charge in [0.25, 0.3) is 5.69 Å². The zero-order valence-corrected chi connectivity index (χ0v) is 18.0. The summed E-state index contributed by atoms with van der Waals surface area (Å²) in [5.41, 5.74) is 4.01. The molecule has 2 aromatic carbocycles. The Hall–Kier alpha value is -3.52. The van der Waals surface area contributed by atoms with Gasteiger partial charge < -0.3 is 0 Å². The van der Waals surface area contributed by atoms with Gasteiger partial charge >= 0.3 is 0 Å². The predicted octanol–water partition coefficient (Wildman–Crippen LogP) is 5.65. The number of thioether (sulfide) groups is 1. The van der Waals surface area contributed by atoms with Gasteiger partial charge in [0.15, 0.2) is 11.0 Å². The van der Waals surface area contributed by atoms with Crippen molar-refractivity contribution in [3.05, 3.63) is 94.3 Å². The average molecular weight is 432 g/mol. The van der Waals surface area contributed by atoms with E-state index in [0.717, 1.165) is 22.0 Å². The lowest BCUT2D eigenvalue weighted by atomic mass is 10.0. The van der Waals surface area contributed by atoms with Gasteiger partial charge in [-0.25, -0.2) is 0 Å². The number of aromatic nitrogens is 4. The van der Waals surface area contributed by atoms with E-state index in [1.54, 1.807) is 24.5 Å². The quantitative estimate of drug-likeness (QED) is 0.213. The fourth-order valence-corrected chi connectivity index (χ4v) is 4.24. The number of hydrogen-bond donors (Lipinski definition) is 0. The van der Waals surface area contributed by atoms with Crippen LogP contribution in [0.25, 0.3) is 17.1 Å². The molecule has 0 fully saturated rings. The molecule has 0 aliphatic rings. The summed E-state index contributed by atoms with van der Waals surface area (Å²) in [5, 5.41) is 20.7. The van der Waals surface area contributed by atoms with Crippen LogP contribution < -0.4 is 0 Å². The summed E-state index contributed by atoms with van der Waals surface area (Å²) < 4.78 is 2.05. The molecule has 0 spiro atoms. The van der Waals surface area contributed by atoms with E-state index in [2.05, 4.69) is 41.2 Å². The average Bonchev–Trinajstić information content (AvgIpc) is 3.22. The number of nitro groups is 1. The molecule has 0 aliphatic heterocycles. The molecule has 0 unspecified atom stereocenters. The van der Waals surface area contributed by atoms with Crippen LogP contribution in [-0.4, -0.2) is 24.7 Å². The van der Waals surface area contributed by atoms with Gasteiger partial charge in [0.05, 0.1) is 10.6 Å². The van der Waals surface area contributed by atoms with E-state index >= 15 is 0 Å². The highest BCUT2D eigenvalue weighted by atomic mass is 32.2. The summed E-state index contributed by atoms with van der Waals surface area (Å²) in [4.78, 5) is 14.9. The fourth-order valence-electron chi connectivity index (χ4n) is 3.35. The maximum Gasteiger partial charge on any atom is 0.269 e. The van der Waals surface area contributed by atoms with Gasteiger partial charge in [-0.05, 0) is 35.2 Å².